The molecular formula is C15H22F3NO2. The highest BCUT2D eigenvalue weighted by Gasteiger charge is 2.30. The minimum atomic E-state index is -4.39. The van der Waals surface area contributed by atoms with Gasteiger partial charge in [-0.1, -0.05) is 19.1 Å². The third-order valence-electron chi connectivity index (χ3n) is 2.93. The lowest BCUT2D eigenvalue weighted by atomic mass is 10.1. The van der Waals surface area contributed by atoms with Crippen molar-refractivity contribution < 1.29 is 23.0 Å². The van der Waals surface area contributed by atoms with E-state index in [0.717, 1.165) is 31.6 Å². The minimum Gasteiger partial charge on any atom is -0.387 e. The fraction of sp³-hybridized carbons (Fsp3) is 0.600. The Morgan fingerprint density at radius 3 is 2.71 bits per heavy atom. The number of benzene rings is 1. The van der Waals surface area contributed by atoms with Crippen LogP contribution in [0.25, 0.3) is 0 Å². The van der Waals surface area contributed by atoms with Crippen molar-refractivity contribution in [2.24, 2.45) is 0 Å². The van der Waals surface area contributed by atoms with Gasteiger partial charge in [0.1, 0.15) is 0 Å². The van der Waals surface area contributed by atoms with Gasteiger partial charge < -0.3 is 15.2 Å². The highest BCUT2D eigenvalue weighted by molar-refractivity contribution is 5.27. The maximum absolute atomic E-state index is 12.6. The molecule has 0 bridgehead atoms. The van der Waals surface area contributed by atoms with E-state index in [2.05, 4.69) is 5.32 Å². The zero-order valence-corrected chi connectivity index (χ0v) is 12.1. The van der Waals surface area contributed by atoms with Crippen LogP contribution in [0.3, 0.4) is 0 Å². The third-order valence-corrected chi connectivity index (χ3v) is 2.93. The van der Waals surface area contributed by atoms with Gasteiger partial charge in [-0.05, 0) is 37.1 Å². The van der Waals surface area contributed by atoms with E-state index in [-0.39, 0.29) is 12.1 Å². The molecule has 3 nitrogen and oxygen atoms in total. The van der Waals surface area contributed by atoms with Crippen LogP contribution in [0.4, 0.5) is 13.2 Å². The molecule has 0 aliphatic carbocycles. The predicted molar refractivity (Wildman–Crippen MR) is 75.0 cm³/mol. The van der Waals surface area contributed by atoms with E-state index in [0.29, 0.717) is 13.2 Å². The summed E-state index contributed by atoms with van der Waals surface area (Å²) in [6.07, 6.45) is -3.57. The van der Waals surface area contributed by atoms with Crippen LogP contribution < -0.4 is 5.32 Å². The summed E-state index contributed by atoms with van der Waals surface area (Å²) < 4.78 is 43.0. The highest BCUT2D eigenvalue weighted by atomic mass is 19.4. The summed E-state index contributed by atoms with van der Waals surface area (Å²) in [4.78, 5) is 0. The fourth-order valence-corrected chi connectivity index (χ4v) is 1.82. The average Bonchev–Trinajstić information content (AvgIpc) is 2.45. The Morgan fingerprint density at radius 2 is 2.05 bits per heavy atom. The van der Waals surface area contributed by atoms with Crippen molar-refractivity contribution in [1.29, 1.82) is 0 Å². The first-order valence-corrected chi connectivity index (χ1v) is 7.09. The lowest BCUT2D eigenvalue weighted by molar-refractivity contribution is -0.137. The van der Waals surface area contributed by atoms with E-state index >= 15 is 0 Å². The molecule has 120 valence electrons. The molecule has 2 N–H and O–H groups in total. The first kappa shape index (κ1) is 17.9. The normalized spacial score (nSPS) is 13.4. The van der Waals surface area contributed by atoms with E-state index in [4.69, 9.17) is 4.74 Å². The Kier molecular flexibility index (Phi) is 7.71. The molecule has 0 spiro atoms. The van der Waals surface area contributed by atoms with Crippen molar-refractivity contribution in [3.05, 3.63) is 35.4 Å². The van der Waals surface area contributed by atoms with Gasteiger partial charge in [0.25, 0.3) is 0 Å². The molecule has 0 aliphatic rings. The predicted octanol–water partition coefficient (Wildman–Crippen LogP) is 3.15. The van der Waals surface area contributed by atoms with E-state index in [1.807, 2.05) is 6.92 Å². The molecular weight excluding hydrogens is 283 g/mol. The molecule has 1 aromatic rings. The fourth-order valence-electron chi connectivity index (χ4n) is 1.82. The van der Waals surface area contributed by atoms with E-state index in [1.165, 1.54) is 12.1 Å². The zero-order valence-electron chi connectivity index (χ0n) is 12.1. The number of aliphatic hydroxyl groups excluding tert-OH is 1. The molecule has 0 saturated carbocycles. The SMILES string of the molecule is CCCOCCCNCC(O)c1cccc(C(F)(F)F)c1. The summed E-state index contributed by atoms with van der Waals surface area (Å²) in [5.74, 6) is 0. The number of nitrogens with one attached hydrogen (secondary N) is 1. The largest absolute Gasteiger partial charge is 0.416 e. The first-order chi connectivity index (χ1) is 9.95. The van der Waals surface area contributed by atoms with Crippen molar-refractivity contribution in [2.45, 2.75) is 32.0 Å². The molecule has 1 rings (SSSR count). The van der Waals surface area contributed by atoms with Crippen LogP contribution in [-0.4, -0.2) is 31.4 Å². The second-order valence-corrected chi connectivity index (χ2v) is 4.81. The number of alkyl halides is 3. The molecule has 1 atom stereocenters. The van der Waals surface area contributed by atoms with Gasteiger partial charge in [-0.2, -0.15) is 13.2 Å². The smallest absolute Gasteiger partial charge is 0.387 e. The van der Waals surface area contributed by atoms with E-state index in [1.54, 1.807) is 0 Å². The summed E-state index contributed by atoms with van der Waals surface area (Å²) >= 11 is 0. The van der Waals surface area contributed by atoms with Crippen LogP contribution >= 0.6 is 0 Å². The van der Waals surface area contributed by atoms with Crippen molar-refractivity contribution in [2.75, 3.05) is 26.3 Å². The molecule has 0 fully saturated rings. The van der Waals surface area contributed by atoms with Crippen LogP contribution in [0, 0.1) is 0 Å². The lowest BCUT2D eigenvalue weighted by Crippen LogP contribution is -2.23. The zero-order chi connectivity index (χ0) is 15.7. The minimum absolute atomic E-state index is 0.217. The topological polar surface area (TPSA) is 41.5 Å². The number of hydrogen-bond donors (Lipinski definition) is 2. The third kappa shape index (κ3) is 6.93. The second-order valence-electron chi connectivity index (χ2n) is 4.81. The molecule has 0 aliphatic heterocycles. The van der Waals surface area contributed by atoms with Crippen molar-refractivity contribution in [3.63, 3.8) is 0 Å². The molecule has 1 aromatic carbocycles. The molecule has 6 heteroatoms. The number of aliphatic hydroxyl groups is 1. The Labute approximate surface area is 123 Å². The summed E-state index contributed by atoms with van der Waals surface area (Å²) in [6, 6.07) is 4.78. The quantitative estimate of drug-likeness (QED) is 0.689. The molecule has 0 heterocycles. The Morgan fingerprint density at radius 1 is 1.29 bits per heavy atom. The van der Waals surface area contributed by atoms with Crippen molar-refractivity contribution >= 4 is 0 Å². The lowest BCUT2D eigenvalue weighted by Gasteiger charge is -2.14. The maximum atomic E-state index is 12.6. The molecule has 0 aromatic heterocycles. The van der Waals surface area contributed by atoms with Crippen LogP contribution in [-0.2, 0) is 10.9 Å². The van der Waals surface area contributed by atoms with Gasteiger partial charge in [0.15, 0.2) is 0 Å². The molecule has 0 saturated heterocycles. The van der Waals surface area contributed by atoms with Gasteiger partial charge in [0.05, 0.1) is 11.7 Å². The monoisotopic (exact) mass is 305 g/mol. The summed E-state index contributed by atoms with van der Waals surface area (Å²) in [5.41, 5.74) is -0.480. The summed E-state index contributed by atoms with van der Waals surface area (Å²) in [7, 11) is 0. The van der Waals surface area contributed by atoms with Gasteiger partial charge in [-0.15, -0.1) is 0 Å². The number of halogens is 3. The van der Waals surface area contributed by atoms with Gasteiger partial charge >= 0.3 is 6.18 Å². The van der Waals surface area contributed by atoms with Gasteiger partial charge in [0.2, 0.25) is 0 Å². The molecule has 0 radical (unpaired) electrons. The average molecular weight is 305 g/mol. The maximum Gasteiger partial charge on any atom is 0.416 e. The van der Waals surface area contributed by atoms with Crippen molar-refractivity contribution in [3.8, 4) is 0 Å². The summed E-state index contributed by atoms with van der Waals surface area (Å²) in [6.45, 7) is 4.27. The van der Waals surface area contributed by atoms with Gasteiger partial charge in [0, 0.05) is 19.8 Å². The van der Waals surface area contributed by atoms with Crippen LogP contribution in [0.2, 0.25) is 0 Å². The van der Waals surface area contributed by atoms with Crippen LogP contribution in [0.15, 0.2) is 24.3 Å². The highest BCUT2D eigenvalue weighted by Crippen LogP contribution is 2.30. The van der Waals surface area contributed by atoms with Crippen LogP contribution in [0.5, 0.6) is 0 Å². The molecule has 0 amide bonds. The Balaban J connectivity index is 2.34. The van der Waals surface area contributed by atoms with E-state index in [9.17, 15) is 18.3 Å². The first-order valence-electron chi connectivity index (χ1n) is 7.09. The van der Waals surface area contributed by atoms with E-state index < -0.39 is 17.8 Å². The standard InChI is InChI=1S/C15H22F3NO2/c1-2-8-21-9-4-7-19-11-14(20)12-5-3-6-13(10-12)15(16,17)18/h3,5-6,10,14,19-20H,2,4,7-9,11H2,1H3. The van der Waals surface area contributed by atoms with Gasteiger partial charge in [-0.3, -0.25) is 0 Å². The Hall–Kier alpha value is -1.11. The number of rotatable bonds is 9. The second kappa shape index (κ2) is 9.02. The van der Waals surface area contributed by atoms with Crippen LogP contribution in [0.1, 0.15) is 37.0 Å². The molecule has 1 unspecified atom stereocenters. The number of ether oxygens (including phenoxy) is 1. The molecule has 21 heavy (non-hydrogen) atoms. The Bertz CT molecular complexity index is 410. The van der Waals surface area contributed by atoms with Gasteiger partial charge in [-0.25, -0.2) is 0 Å². The summed E-state index contributed by atoms with van der Waals surface area (Å²) in [5, 5.41) is 12.9. The number of hydrogen-bond acceptors (Lipinski definition) is 3. The van der Waals surface area contributed by atoms with Crippen molar-refractivity contribution in [1.82, 2.24) is 5.32 Å².